The number of fused-ring (bicyclic) bond motifs is 1. The summed E-state index contributed by atoms with van der Waals surface area (Å²) >= 11 is 3.20. The molecule has 2 atom stereocenters. The first-order valence-electron chi connectivity index (χ1n) is 8.25. The summed E-state index contributed by atoms with van der Waals surface area (Å²) in [5.74, 6) is 0.763. The Hall–Kier alpha value is -1.33. The molecule has 1 aromatic heterocycles. The molecule has 2 aromatic rings. The highest BCUT2D eigenvalue weighted by Gasteiger charge is 2.27. The highest BCUT2D eigenvalue weighted by molar-refractivity contribution is 9.10. The quantitative estimate of drug-likeness (QED) is 0.806. The first-order chi connectivity index (χ1) is 11.1. The Kier molecular flexibility index (Phi) is 5.07. The van der Waals surface area contributed by atoms with Crippen molar-refractivity contribution in [2.24, 2.45) is 0 Å². The molecule has 0 spiro atoms. The molecule has 1 aliphatic rings. The van der Waals surface area contributed by atoms with E-state index in [1.165, 1.54) is 0 Å². The minimum atomic E-state index is -0.367. The van der Waals surface area contributed by atoms with Gasteiger partial charge in [-0.05, 0) is 59.8 Å². The monoisotopic (exact) mass is 379 g/mol. The number of nitrogens with one attached hydrogen (secondary N) is 1. The van der Waals surface area contributed by atoms with Crippen molar-refractivity contribution in [3.05, 3.63) is 39.2 Å². The van der Waals surface area contributed by atoms with Crippen molar-refractivity contribution in [2.45, 2.75) is 57.7 Å². The molecule has 1 saturated heterocycles. The lowest BCUT2D eigenvalue weighted by Crippen LogP contribution is -2.48. The Balaban J connectivity index is 1.80. The highest BCUT2D eigenvalue weighted by Crippen LogP contribution is 2.26. The molecular weight excluding hydrogens is 358 g/mol. The second kappa shape index (κ2) is 7.05. The van der Waals surface area contributed by atoms with Crippen molar-refractivity contribution in [3.63, 3.8) is 0 Å². The van der Waals surface area contributed by atoms with Crippen LogP contribution < -0.4 is 15.7 Å². The lowest BCUT2D eigenvalue weighted by Gasteiger charge is -2.35. The molecule has 0 aliphatic carbocycles. The Morgan fingerprint density at radius 1 is 1.22 bits per heavy atom. The van der Waals surface area contributed by atoms with Gasteiger partial charge in [-0.15, -0.1) is 0 Å². The molecule has 0 bridgehead atoms. The number of hydrogen-bond donors (Lipinski definition) is 1. The van der Waals surface area contributed by atoms with Gasteiger partial charge in [-0.2, -0.15) is 0 Å². The van der Waals surface area contributed by atoms with Crippen LogP contribution in [0, 0.1) is 0 Å². The molecule has 0 amide bonds. The Labute approximate surface area is 144 Å². The first kappa shape index (κ1) is 16.5. The van der Waals surface area contributed by atoms with Gasteiger partial charge >= 0.3 is 5.63 Å². The zero-order valence-electron chi connectivity index (χ0n) is 13.5. The zero-order chi connectivity index (χ0) is 16.4. The average Bonchev–Trinajstić information content (AvgIpc) is 2.55. The van der Waals surface area contributed by atoms with Crippen LogP contribution >= 0.6 is 15.9 Å². The van der Waals surface area contributed by atoms with Crippen LogP contribution in [-0.2, 0) is 0 Å². The number of hydrogen-bond acceptors (Lipinski definition) is 4. The molecule has 1 aromatic carbocycles. The molecule has 4 nitrogen and oxygen atoms in total. The summed E-state index contributed by atoms with van der Waals surface area (Å²) in [6, 6.07) is 8.47. The van der Waals surface area contributed by atoms with E-state index in [1.807, 2.05) is 18.2 Å². The Bertz CT molecular complexity index is 731. The van der Waals surface area contributed by atoms with Crippen LogP contribution in [0.3, 0.4) is 0 Å². The molecule has 2 heterocycles. The van der Waals surface area contributed by atoms with Gasteiger partial charge in [-0.1, -0.05) is 13.8 Å². The van der Waals surface area contributed by atoms with E-state index in [2.05, 4.69) is 35.1 Å². The minimum absolute atomic E-state index is 0.200. The molecule has 1 fully saturated rings. The van der Waals surface area contributed by atoms with Crippen LogP contribution in [0.5, 0.6) is 5.75 Å². The summed E-state index contributed by atoms with van der Waals surface area (Å²) in [5, 5.41) is 4.55. The maximum atomic E-state index is 11.6. The van der Waals surface area contributed by atoms with Gasteiger partial charge in [0.25, 0.3) is 0 Å². The van der Waals surface area contributed by atoms with Gasteiger partial charge in [0.05, 0.1) is 0 Å². The number of benzene rings is 1. The third-order valence-corrected chi connectivity index (χ3v) is 5.07. The van der Waals surface area contributed by atoms with E-state index in [4.69, 9.17) is 9.15 Å². The normalized spacial score (nSPS) is 24.7. The molecule has 3 rings (SSSR count). The Morgan fingerprint density at radius 2 is 1.91 bits per heavy atom. The van der Waals surface area contributed by atoms with Gasteiger partial charge in [0, 0.05) is 23.5 Å². The van der Waals surface area contributed by atoms with Crippen LogP contribution in [0.25, 0.3) is 11.0 Å². The average molecular weight is 380 g/mol. The van der Waals surface area contributed by atoms with E-state index < -0.39 is 0 Å². The highest BCUT2D eigenvalue weighted by atomic mass is 79.9. The number of rotatable bonds is 4. The maximum absolute atomic E-state index is 11.6. The molecule has 124 valence electrons. The van der Waals surface area contributed by atoms with Gasteiger partial charge < -0.3 is 14.5 Å². The topological polar surface area (TPSA) is 51.5 Å². The number of halogens is 1. The van der Waals surface area contributed by atoms with Crippen molar-refractivity contribution >= 4 is 26.9 Å². The standard InChI is InChI=1S/C18H22BrNO3/c1-3-12-8-15(9-13(4-2)20-12)22-14-6-5-11-7-16(19)18(21)23-17(11)10-14/h5-7,10,12-13,15,20H,3-4,8-9H2,1-2H3. The van der Waals surface area contributed by atoms with E-state index in [-0.39, 0.29) is 11.7 Å². The fourth-order valence-corrected chi connectivity index (χ4v) is 3.53. The second-order valence-electron chi connectivity index (χ2n) is 6.17. The van der Waals surface area contributed by atoms with Gasteiger partial charge in [0.2, 0.25) is 0 Å². The number of piperidine rings is 1. The zero-order valence-corrected chi connectivity index (χ0v) is 15.1. The van der Waals surface area contributed by atoms with Crippen molar-refractivity contribution in [1.29, 1.82) is 0 Å². The fraction of sp³-hybridized carbons (Fsp3) is 0.500. The summed E-state index contributed by atoms with van der Waals surface area (Å²) in [7, 11) is 0. The molecule has 0 radical (unpaired) electrons. The minimum Gasteiger partial charge on any atom is -0.490 e. The third-order valence-electron chi connectivity index (χ3n) is 4.52. The van der Waals surface area contributed by atoms with Gasteiger partial charge in [-0.25, -0.2) is 4.79 Å². The summed E-state index contributed by atoms with van der Waals surface area (Å²) < 4.78 is 11.9. The first-order valence-corrected chi connectivity index (χ1v) is 9.04. The lowest BCUT2D eigenvalue weighted by molar-refractivity contribution is 0.112. The van der Waals surface area contributed by atoms with E-state index in [9.17, 15) is 4.79 Å². The van der Waals surface area contributed by atoms with Crippen molar-refractivity contribution < 1.29 is 9.15 Å². The molecular formula is C18H22BrNO3. The van der Waals surface area contributed by atoms with Crippen molar-refractivity contribution in [3.8, 4) is 5.75 Å². The summed E-state index contributed by atoms with van der Waals surface area (Å²) in [4.78, 5) is 11.6. The van der Waals surface area contributed by atoms with Gasteiger partial charge in [0.15, 0.2) is 0 Å². The van der Waals surface area contributed by atoms with Crippen LogP contribution in [0.2, 0.25) is 0 Å². The van der Waals surface area contributed by atoms with E-state index >= 15 is 0 Å². The van der Waals surface area contributed by atoms with E-state index in [0.717, 1.165) is 36.8 Å². The molecule has 0 saturated carbocycles. The fourth-order valence-electron chi connectivity index (χ4n) is 3.20. The van der Waals surface area contributed by atoms with Crippen LogP contribution in [0.4, 0.5) is 0 Å². The van der Waals surface area contributed by atoms with Crippen molar-refractivity contribution in [1.82, 2.24) is 5.32 Å². The maximum Gasteiger partial charge on any atom is 0.350 e. The summed E-state index contributed by atoms with van der Waals surface area (Å²) in [6.45, 7) is 4.41. The van der Waals surface area contributed by atoms with E-state index in [0.29, 0.717) is 22.1 Å². The molecule has 1 aliphatic heterocycles. The third kappa shape index (κ3) is 3.78. The van der Waals surface area contributed by atoms with Crippen molar-refractivity contribution in [2.75, 3.05) is 0 Å². The summed E-state index contributed by atoms with van der Waals surface area (Å²) in [6.07, 6.45) is 4.43. The smallest absolute Gasteiger partial charge is 0.350 e. The SMILES string of the molecule is CCC1CC(Oc2ccc3cc(Br)c(=O)oc3c2)CC(CC)N1. The van der Waals surface area contributed by atoms with Crippen LogP contribution in [0.1, 0.15) is 39.5 Å². The van der Waals surface area contributed by atoms with Gasteiger partial charge in [-0.3, -0.25) is 0 Å². The lowest BCUT2D eigenvalue weighted by atomic mass is 9.93. The van der Waals surface area contributed by atoms with Crippen LogP contribution in [0.15, 0.2) is 37.9 Å². The molecule has 5 heteroatoms. The molecule has 2 unspecified atom stereocenters. The van der Waals surface area contributed by atoms with Gasteiger partial charge in [0.1, 0.15) is 21.9 Å². The molecule has 1 N–H and O–H groups in total. The van der Waals surface area contributed by atoms with E-state index in [1.54, 1.807) is 6.07 Å². The summed E-state index contributed by atoms with van der Waals surface area (Å²) in [5.41, 5.74) is 0.192. The predicted octanol–water partition coefficient (Wildman–Crippen LogP) is 4.24. The molecule has 23 heavy (non-hydrogen) atoms. The van der Waals surface area contributed by atoms with Crippen LogP contribution in [-0.4, -0.2) is 18.2 Å². The Morgan fingerprint density at radius 3 is 2.57 bits per heavy atom. The number of ether oxygens (including phenoxy) is 1. The second-order valence-corrected chi connectivity index (χ2v) is 7.02. The predicted molar refractivity (Wildman–Crippen MR) is 95.1 cm³/mol. The largest absolute Gasteiger partial charge is 0.490 e.